The van der Waals surface area contributed by atoms with Crippen molar-refractivity contribution in [1.29, 1.82) is 0 Å². The van der Waals surface area contributed by atoms with Gasteiger partial charge in [0.2, 0.25) is 5.91 Å². The molecule has 0 atom stereocenters. The molecule has 0 aliphatic carbocycles. The van der Waals surface area contributed by atoms with Crippen molar-refractivity contribution in [3.05, 3.63) is 58.6 Å². The number of hydrogen-bond donors (Lipinski definition) is 2. The minimum absolute atomic E-state index is 0.0330. The molecule has 2 rings (SSSR count). The molecule has 5 nitrogen and oxygen atoms in total. The largest absolute Gasteiger partial charge is 0.405 e. The van der Waals surface area contributed by atoms with Gasteiger partial charge < -0.3 is 5.32 Å². The summed E-state index contributed by atoms with van der Waals surface area (Å²) in [4.78, 5) is 11.5. The van der Waals surface area contributed by atoms with Crippen LogP contribution >= 0.6 is 11.6 Å². The summed E-state index contributed by atoms with van der Waals surface area (Å²) < 4.78 is 63.6. The molecular formula is C17H16ClF3N2O3S. The van der Waals surface area contributed by atoms with Crippen LogP contribution in [-0.2, 0) is 21.2 Å². The van der Waals surface area contributed by atoms with Gasteiger partial charge in [-0.25, -0.2) is 8.42 Å². The van der Waals surface area contributed by atoms with Gasteiger partial charge in [0.1, 0.15) is 6.54 Å². The number of nitrogens with one attached hydrogen (secondary N) is 2. The molecule has 10 heteroatoms. The van der Waals surface area contributed by atoms with Crippen LogP contribution in [0.1, 0.15) is 11.1 Å². The predicted molar refractivity (Wildman–Crippen MR) is 96.2 cm³/mol. The molecule has 2 aromatic rings. The molecule has 0 aromatic heterocycles. The molecular weight excluding hydrogens is 405 g/mol. The van der Waals surface area contributed by atoms with E-state index in [0.717, 1.165) is 0 Å². The summed E-state index contributed by atoms with van der Waals surface area (Å²) in [5.41, 5.74) is 1.20. The van der Waals surface area contributed by atoms with Gasteiger partial charge in [-0.15, -0.1) is 0 Å². The summed E-state index contributed by atoms with van der Waals surface area (Å²) in [5, 5.41) is 2.05. The van der Waals surface area contributed by atoms with Gasteiger partial charge >= 0.3 is 6.18 Å². The Hall–Kier alpha value is -2.26. The summed E-state index contributed by atoms with van der Waals surface area (Å²) in [6.07, 6.45) is -4.73. The molecule has 0 saturated carbocycles. The summed E-state index contributed by atoms with van der Waals surface area (Å²) in [7, 11) is -3.87. The minimum atomic E-state index is -4.48. The van der Waals surface area contributed by atoms with E-state index in [1.807, 2.05) is 0 Å². The lowest BCUT2D eigenvalue weighted by molar-refractivity contribution is -0.138. The fourth-order valence-electron chi connectivity index (χ4n) is 2.21. The Bertz CT molecular complexity index is 929. The van der Waals surface area contributed by atoms with Crippen LogP contribution in [0.25, 0.3) is 0 Å². The molecule has 0 aliphatic heterocycles. The third-order valence-corrected chi connectivity index (χ3v) is 5.25. The van der Waals surface area contributed by atoms with Crippen molar-refractivity contribution in [2.45, 2.75) is 24.4 Å². The normalized spacial score (nSPS) is 11.9. The summed E-state index contributed by atoms with van der Waals surface area (Å²) in [6, 6.07) is 10.2. The first-order chi connectivity index (χ1) is 12.5. The number of rotatable bonds is 6. The van der Waals surface area contributed by atoms with Crippen LogP contribution in [0.5, 0.6) is 0 Å². The van der Waals surface area contributed by atoms with E-state index in [1.54, 1.807) is 24.4 Å². The van der Waals surface area contributed by atoms with Gasteiger partial charge in [0.15, 0.2) is 0 Å². The Kier molecular flexibility index (Phi) is 6.38. The van der Waals surface area contributed by atoms with Crippen LogP contribution in [0.15, 0.2) is 47.4 Å². The molecule has 0 bridgehead atoms. The fourth-order valence-corrected chi connectivity index (χ4v) is 3.78. The van der Waals surface area contributed by atoms with Crippen LogP contribution in [0.4, 0.5) is 18.9 Å². The van der Waals surface area contributed by atoms with E-state index in [9.17, 15) is 26.4 Å². The lowest BCUT2D eigenvalue weighted by atomic mass is 10.1. The lowest BCUT2D eigenvalue weighted by Gasteiger charge is -2.11. The van der Waals surface area contributed by atoms with Crippen molar-refractivity contribution < 1.29 is 26.4 Å². The van der Waals surface area contributed by atoms with E-state index in [0.29, 0.717) is 11.1 Å². The molecule has 0 fully saturated rings. The van der Waals surface area contributed by atoms with Gasteiger partial charge in [-0.1, -0.05) is 29.8 Å². The molecule has 0 heterocycles. The van der Waals surface area contributed by atoms with Crippen molar-refractivity contribution >= 4 is 33.2 Å². The first-order valence-electron chi connectivity index (χ1n) is 7.68. The van der Waals surface area contributed by atoms with Crippen molar-refractivity contribution in [2.75, 3.05) is 11.3 Å². The molecule has 0 saturated heterocycles. The maximum atomic E-state index is 12.5. The van der Waals surface area contributed by atoms with Crippen LogP contribution in [-0.4, -0.2) is 27.0 Å². The number of amides is 1. The van der Waals surface area contributed by atoms with Crippen LogP contribution in [0.2, 0.25) is 5.02 Å². The lowest BCUT2D eigenvalue weighted by Crippen LogP contribution is -2.34. The standard InChI is InChI=1S/C17H16ClF3N2O3S/c1-11-2-5-13(18)9-15(11)27(25,26)23-14-6-3-12(4-7-14)8-16(24)22-10-17(19,20)21/h2-7,9,23H,8,10H2,1H3,(H,22,24). The Morgan fingerprint density at radius 1 is 1.11 bits per heavy atom. The van der Waals surface area contributed by atoms with E-state index in [-0.39, 0.29) is 22.0 Å². The van der Waals surface area contributed by atoms with Crippen molar-refractivity contribution in [3.8, 4) is 0 Å². The quantitative estimate of drug-likeness (QED) is 0.748. The van der Waals surface area contributed by atoms with E-state index >= 15 is 0 Å². The smallest absolute Gasteiger partial charge is 0.347 e. The maximum absolute atomic E-state index is 12.5. The number of aryl methyl sites for hydroxylation is 1. The zero-order valence-electron chi connectivity index (χ0n) is 14.1. The zero-order valence-corrected chi connectivity index (χ0v) is 15.7. The first kappa shape index (κ1) is 21.0. The molecule has 0 unspecified atom stereocenters. The number of carbonyl (C=O) groups is 1. The number of sulfonamides is 1. The highest BCUT2D eigenvalue weighted by atomic mass is 35.5. The Balaban J connectivity index is 2.05. The molecule has 2 aromatic carbocycles. The minimum Gasteiger partial charge on any atom is -0.347 e. The highest BCUT2D eigenvalue weighted by Gasteiger charge is 2.27. The SMILES string of the molecule is Cc1ccc(Cl)cc1S(=O)(=O)Nc1ccc(CC(=O)NCC(F)(F)F)cc1. The van der Waals surface area contributed by atoms with Gasteiger partial charge in [-0.05, 0) is 42.3 Å². The molecule has 1 amide bonds. The monoisotopic (exact) mass is 420 g/mol. The number of benzene rings is 2. The predicted octanol–water partition coefficient (Wildman–Crippen LogP) is 3.67. The van der Waals surface area contributed by atoms with Gasteiger partial charge in [-0.2, -0.15) is 13.2 Å². The van der Waals surface area contributed by atoms with Gasteiger partial charge in [0.05, 0.1) is 11.3 Å². The van der Waals surface area contributed by atoms with E-state index in [2.05, 4.69) is 4.72 Å². The third-order valence-electron chi connectivity index (χ3n) is 3.50. The highest BCUT2D eigenvalue weighted by Crippen LogP contribution is 2.23. The Morgan fingerprint density at radius 3 is 2.33 bits per heavy atom. The molecule has 27 heavy (non-hydrogen) atoms. The van der Waals surface area contributed by atoms with Gasteiger partial charge in [-0.3, -0.25) is 9.52 Å². The van der Waals surface area contributed by atoms with E-state index in [1.165, 1.54) is 30.3 Å². The maximum Gasteiger partial charge on any atom is 0.405 e. The highest BCUT2D eigenvalue weighted by molar-refractivity contribution is 7.92. The third kappa shape index (κ3) is 6.44. The number of alkyl halides is 3. The number of carbonyl (C=O) groups excluding carboxylic acids is 1. The average molecular weight is 421 g/mol. The second kappa shape index (κ2) is 8.18. The molecule has 0 aliphatic rings. The molecule has 2 N–H and O–H groups in total. The summed E-state index contributed by atoms with van der Waals surface area (Å²) in [5.74, 6) is -0.782. The van der Waals surface area contributed by atoms with Gasteiger partial charge in [0.25, 0.3) is 10.0 Å². The summed E-state index contributed by atoms with van der Waals surface area (Å²) >= 11 is 5.85. The molecule has 0 radical (unpaired) electrons. The second-order valence-electron chi connectivity index (χ2n) is 5.78. The zero-order chi connectivity index (χ0) is 20.2. The van der Waals surface area contributed by atoms with Crippen molar-refractivity contribution in [1.82, 2.24) is 5.32 Å². The molecule has 0 spiro atoms. The van der Waals surface area contributed by atoms with Crippen LogP contribution in [0.3, 0.4) is 0 Å². The number of anilines is 1. The van der Waals surface area contributed by atoms with Crippen molar-refractivity contribution in [2.24, 2.45) is 0 Å². The number of halogens is 4. The topological polar surface area (TPSA) is 75.3 Å². The fraction of sp³-hybridized carbons (Fsp3) is 0.235. The first-order valence-corrected chi connectivity index (χ1v) is 9.54. The van der Waals surface area contributed by atoms with E-state index in [4.69, 9.17) is 11.6 Å². The van der Waals surface area contributed by atoms with Crippen LogP contribution in [0, 0.1) is 6.92 Å². The van der Waals surface area contributed by atoms with E-state index < -0.39 is 28.7 Å². The summed E-state index contributed by atoms with van der Waals surface area (Å²) in [6.45, 7) is 0.232. The van der Waals surface area contributed by atoms with Crippen molar-refractivity contribution in [3.63, 3.8) is 0 Å². The Morgan fingerprint density at radius 2 is 1.74 bits per heavy atom. The second-order valence-corrected chi connectivity index (χ2v) is 7.87. The average Bonchev–Trinajstić information content (AvgIpc) is 2.56. The Labute approximate surface area is 159 Å². The van der Waals surface area contributed by atoms with Gasteiger partial charge in [0, 0.05) is 10.7 Å². The van der Waals surface area contributed by atoms with Crippen LogP contribution < -0.4 is 10.0 Å². The molecule has 146 valence electrons. The number of hydrogen-bond acceptors (Lipinski definition) is 3.